The third-order valence-corrected chi connectivity index (χ3v) is 7.35. The summed E-state index contributed by atoms with van der Waals surface area (Å²) in [6.45, 7) is 9.12. The average Bonchev–Trinajstić information content (AvgIpc) is 3.30. The van der Waals surface area contributed by atoms with Gasteiger partial charge in [0.15, 0.2) is 0 Å². The van der Waals surface area contributed by atoms with Gasteiger partial charge in [0, 0.05) is 31.6 Å². The van der Waals surface area contributed by atoms with Crippen LogP contribution in [0.4, 0.5) is 0 Å². The largest absolute Gasteiger partial charge is 0.342 e. The summed E-state index contributed by atoms with van der Waals surface area (Å²) in [5, 5.41) is 3.45. The Balaban J connectivity index is 1.31. The Morgan fingerprint density at radius 2 is 1.96 bits per heavy atom. The summed E-state index contributed by atoms with van der Waals surface area (Å²) in [6, 6.07) is 0.742. The second-order valence-corrected chi connectivity index (χ2v) is 9.00. The molecule has 0 aromatic carbocycles. The summed E-state index contributed by atoms with van der Waals surface area (Å²) in [4.78, 5) is 18.0. The van der Waals surface area contributed by atoms with Gasteiger partial charge in [-0.2, -0.15) is 0 Å². The van der Waals surface area contributed by atoms with E-state index in [0.717, 1.165) is 38.6 Å². The predicted molar refractivity (Wildman–Crippen MR) is 96.8 cm³/mol. The fourth-order valence-electron chi connectivity index (χ4n) is 5.57. The molecule has 4 aliphatic rings. The zero-order chi connectivity index (χ0) is 16.6. The molecule has 1 amide bonds. The molecule has 0 radical (unpaired) electrons. The first-order chi connectivity index (χ1) is 11.7. The van der Waals surface area contributed by atoms with E-state index in [9.17, 15) is 4.79 Å². The summed E-state index contributed by atoms with van der Waals surface area (Å²) in [7, 11) is 0. The maximum Gasteiger partial charge on any atom is 0.226 e. The fraction of sp³-hybridized carbons (Fsp3) is 0.950. The summed E-state index contributed by atoms with van der Waals surface area (Å²) in [5.41, 5.74) is 0.386. The van der Waals surface area contributed by atoms with Crippen molar-refractivity contribution in [3.8, 4) is 0 Å². The predicted octanol–water partition coefficient (Wildman–Crippen LogP) is 2.49. The number of nitrogens with zero attached hydrogens (tertiary/aromatic N) is 2. The molecule has 3 atom stereocenters. The van der Waals surface area contributed by atoms with Gasteiger partial charge in [-0.1, -0.05) is 6.42 Å². The van der Waals surface area contributed by atoms with Crippen molar-refractivity contribution in [2.75, 3.05) is 39.3 Å². The van der Waals surface area contributed by atoms with E-state index in [1.807, 2.05) is 0 Å². The van der Waals surface area contributed by atoms with Crippen LogP contribution in [0.25, 0.3) is 0 Å². The molecule has 3 aliphatic heterocycles. The van der Waals surface area contributed by atoms with Crippen molar-refractivity contribution in [1.82, 2.24) is 15.1 Å². The van der Waals surface area contributed by atoms with Gasteiger partial charge in [-0.25, -0.2) is 0 Å². The molecule has 0 aromatic heterocycles. The van der Waals surface area contributed by atoms with Gasteiger partial charge in [0.05, 0.1) is 0 Å². The topological polar surface area (TPSA) is 35.6 Å². The average molecular weight is 334 g/mol. The third kappa shape index (κ3) is 3.37. The minimum absolute atomic E-state index is 0.354. The Kier molecular flexibility index (Phi) is 4.88. The molecule has 136 valence electrons. The van der Waals surface area contributed by atoms with Crippen molar-refractivity contribution in [1.29, 1.82) is 0 Å². The second-order valence-electron chi connectivity index (χ2n) is 9.00. The molecular weight excluding hydrogens is 298 g/mol. The van der Waals surface area contributed by atoms with Gasteiger partial charge in [-0.3, -0.25) is 4.79 Å². The van der Waals surface area contributed by atoms with Crippen LogP contribution in [0.15, 0.2) is 0 Å². The fourth-order valence-corrected chi connectivity index (χ4v) is 5.57. The number of hydrogen-bond donors (Lipinski definition) is 1. The highest BCUT2D eigenvalue weighted by molar-refractivity contribution is 5.82. The van der Waals surface area contributed by atoms with E-state index in [1.54, 1.807) is 0 Å². The first-order valence-electron chi connectivity index (χ1n) is 10.4. The number of nitrogens with one attached hydrogen (secondary N) is 1. The number of carbonyl (C=O) groups excluding carboxylic acids is 1. The van der Waals surface area contributed by atoms with Crippen LogP contribution < -0.4 is 5.32 Å². The molecule has 1 saturated carbocycles. The summed E-state index contributed by atoms with van der Waals surface area (Å²) in [6.07, 6.45) is 10.2. The Morgan fingerprint density at radius 3 is 2.75 bits per heavy atom. The Bertz CT molecular complexity index is 460. The van der Waals surface area contributed by atoms with Crippen LogP contribution in [-0.4, -0.2) is 61.0 Å². The van der Waals surface area contributed by atoms with Gasteiger partial charge in [0.1, 0.15) is 0 Å². The highest BCUT2D eigenvalue weighted by Gasteiger charge is 2.58. The molecule has 0 aromatic rings. The van der Waals surface area contributed by atoms with Crippen LogP contribution in [0.5, 0.6) is 0 Å². The molecule has 4 fully saturated rings. The maximum absolute atomic E-state index is 13.0. The lowest BCUT2D eigenvalue weighted by Gasteiger charge is -2.40. The summed E-state index contributed by atoms with van der Waals surface area (Å²) >= 11 is 0. The first kappa shape index (κ1) is 16.8. The number of carbonyl (C=O) groups is 1. The molecule has 0 bridgehead atoms. The molecule has 0 unspecified atom stereocenters. The van der Waals surface area contributed by atoms with Crippen LogP contribution in [0.1, 0.15) is 58.3 Å². The molecule has 1 N–H and O–H groups in total. The Hall–Kier alpha value is -0.610. The smallest absolute Gasteiger partial charge is 0.226 e. The van der Waals surface area contributed by atoms with Crippen molar-refractivity contribution in [3.05, 3.63) is 0 Å². The van der Waals surface area contributed by atoms with Crippen molar-refractivity contribution in [2.24, 2.45) is 17.3 Å². The normalized spacial score (nSPS) is 36.7. The van der Waals surface area contributed by atoms with Crippen LogP contribution in [0.2, 0.25) is 0 Å². The van der Waals surface area contributed by atoms with Crippen LogP contribution >= 0.6 is 0 Å². The van der Waals surface area contributed by atoms with Crippen molar-refractivity contribution in [3.63, 3.8) is 0 Å². The SMILES string of the molecule is C[C@@H]1CCCCN1C[C@@H]1CCCN(C(=O)[C@H]2CC23CCNCC3)C1. The molecule has 3 heterocycles. The number of hydrogen-bond acceptors (Lipinski definition) is 3. The Labute approximate surface area is 147 Å². The zero-order valence-corrected chi connectivity index (χ0v) is 15.4. The van der Waals surface area contributed by atoms with E-state index in [1.165, 1.54) is 58.0 Å². The Morgan fingerprint density at radius 1 is 1.12 bits per heavy atom. The van der Waals surface area contributed by atoms with Crippen molar-refractivity contribution < 1.29 is 4.79 Å². The number of amides is 1. The molecule has 4 rings (SSSR count). The highest BCUT2D eigenvalue weighted by Crippen LogP contribution is 2.59. The molecule has 1 aliphatic carbocycles. The molecule has 24 heavy (non-hydrogen) atoms. The molecule has 4 heteroatoms. The third-order valence-electron chi connectivity index (χ3n) is 7.35. The minimum atomic E-state index is 0.354. The van der Waals surface area contributed by atoms with E-state index in [-0.39, 0.29) is 0 Å². The molecule has 1 spiro atoms. The lowest BCUT2D eigenvalue weighted by Crippen LogP contribution is -2.47. The van der Waals surface area contributed by atoms with Crippen LogP contribution in [0, 0.1) is 17.3 Å². The number of likely N-dealkylation sites (tertiary alicyclic amines) is 2. The van der Waals surface area contributed by atoms with Crippen LogP contribution in [0.3, 0.4) is 0 Å². The van der Waals surface area contributed by atoms with Crippen LogP contribution in [-0.2, 0) is 4.79 Å². The van der Waals surface area contributed by atoms with Gasteiger partial charge in [0.2, 0.25) is 5.91 Å². The second kappa shape index (κ2) is 6.95. The standard InChI is InChI=1S/C20H35N3O/c1-16-5-2-3-11-22(16)14-17-6-4-12-23(15-17)19(24)18-13-20(18)7-9-21-10-8-20/h16-18,21H,2-15H2,1H3/t16-,17+,18-/m1/s1. The quantitative estimate of drug-likeness (QED) is 0.862. The van der Waals surface area contributed by atoms with Gasteiger partial charge in [0.25, 0.3) is 0 Å². The lowest BCUT2D eigenvalue weighted by molar-refractivity contribution is -0.135. The minimum Gasteiger partial charge on any atom is -0.342 e. The highest BCUT2D eigenvalue weighted by atomic mass is 16.2. The summed E-state index contributed by atoms with van der Waals surface area (Å²) in [5.74, 6) is 1.55. The van der Waals surface area contributed by atoms with E-state index in [4.69, 9.17) is 0 Å². The zero-order valence-electron chi connectivity index (χ0n) is 15.4. The number of rotatable bonds is 3. The van der Waals surface area contributed by atoms with Gasteiger partial charge in [-0.05, 0) is 82.8 Å². The van der Waals surface area contributed by atoms with Gasteiger partial charge in [-0.15, -0.1) is 0 Å². The maximum atomic E-state index is 13.0. The molecule has 4 nitrogen and oxygen atoms in total. The van der Waals surface area contributed by atoms with E-state index in [2.05, 4.69) is 22.0 Å². The van der Waals surface area contributed by atoms with E-state index >= 15 is 0 Å². The van der Waals surface area contributed by atoms with Gasteiger partial charge >= 0.3 is 0 Å². The van der Waals surface area contributed by atoms with E-state index < -0.39 is 0 Å². The molecular formula is C20H35N3O. The summed E-state index contributed by atoms with van der Waals surface area (Å²) < 4.78 is 0. The first-order valence-corrected chi connectivity index (χ1v) is 10.4. The lowest BCUT2D eigenvalue weighted by atomic mass is 9.90. The van der Waals surface area contributed by atoms with Crippen molar-refractivity contribution >= 4 is 5.91 Å². The molecule has 3 saturated heterocycles. The van der Waals surface area contributed by atoms with Gasteiger partial charge < -0.3 is 15.1 Å². The van der Waals surface area contributed by atoms with E-state index in [0.29, 0.717) is 23.2 Å². The van der Waals surface area contributed by atoms with Crippen molar-refractivity contribution in [2.45, 2.75) is 64.3 Å². The monoisotopic (exact) mass is 333 g/mol. The number of piperidine rings is 3.